The van der Waals surface area contributed by atoms with E-state index in [1.165, 1.54) is 6.08 Å². The van der Waals surface area contributed by atoms with E-state index < -0.39 is 0 Å². The predicted octanol–water partition coefficient (Wildman–Crippen LogP) is 4.41. The zero-order valence-electron chi connectivity index (χ0n) is 20.5. The number of carbonyl (C=O) groups is 1. The molecule has 0 bridgehead atoms. The van der Waals surface area contributed by atoms with Gasteiger partial charge in [0.05, 0.1) is 22.8 Å². The maximum Gasteiger partial charge on any atom is 0.250 e. The second kappa shape index (κ2) is 7.93. The van der Waals surface area contributed by atoms with Crippen molar-refractivity contribution >= 4 is 28.4 Å². The number of benzene rings is 1. The third kappa shape index (κ3) is 3.27. The molecule has 2 fully saturated rings. The van der Waals surface area contributed by atoms with Gasteiger partial charge in [-0.05, 0) is 50.5 Å². The molecule has 1 N–H and O–H groups in total. The minimum Gasteiger partial charge on any atom is -0.338 e. The normalized spacial score (nSPS) is 16.8. The SMILES string of the molecule is C=CC(=O)N1CC2(CC(n3nc(-c4ccc(=O)n(C)c4)c(-c4c(Cl)c(C)cc5[nH]ncc45)c3C)C2)C1. The number of pyridine rings is 1. The summed E-state index contributed by atoms with van der Waals surface area (Å²) in [5, 5.41) is 14.1. The number of fused-ring (bicyclic) bond motifs is 1. The molecule has 4 aromatic rings. The van der Waals surface area contributed by atoms with Crippen LogP contribution in [0.1, 0.15) is 30.1 Å². The molecule has 0 radical (unpaired) electrons. The topological polar surface area (TPSA) is 88.8 Å². The first-order valence-corrected chi connectivity index (χ1v) is 12.4. The summed E-state index contributed by atoms with van der Waals surface area (Å²) in [4.78, 5) is 25.9. The van der Waals surface area contributed by atoms with Crippen molar-refractivity contribution < 1.29 is 4.79 Å². The van der Waals surface area contributed by atoms with Crippen LogP contribution in [0.25, 0.3) is 33.3 Å². The van der Waals surface area contributed by atoms with Crippen molar-refractivity contribution in [2.45, 2.75) is 32.7 Å². The highest BCUT2D eigenvalue weighted by molar-refractivity contribution is 6.36. The zero-order valence-corrected chi connectivity index (χ0v) is 21.3. The standard InChI is InChI=1S/C27H27ClN6O2/c1-5-21(35)33-13-27(14-33)9-18(10-27)34-16(3)23(26(31-34)17-6-7-22(36)32(4)12-17)24-19-11-29-30-20(19)8-15(2)25(24)28/h5-8,11-12,18H,1,9-10,13-14H2,2-4H3,(H,29,30). The molecule has 0 atom stereocenters. The molecule has 1 saturated heterocycles. The Hall–Kier alpha value is -3.65. The van der Waals surface area contributed by atoms with Crippen molar-refractivity contribution in [3.05, 3.63) is 69.9 Å². The molecule has 36 heavy (non-hydrogen) atoms. The van der Waals surface area contributed by atoms with Crippen LogP contribution in [0.15, 0.2) is 48.0 Å². The molecule has 1 amide bonds. The number of aromatic nitrogens is 5. The lowest BCUT2D eigenvalue weighted by Crippen LogP contribution is -2.63. The first-order valence-electron chi connectivity index (χ1n) is 12.0. The lowest BCUT2D eigenvalue weighted by atomic mass is 9.60. The number of carbonyl (C=O) groups excluding carboxylic acids is 1. The number of nitrogens with zero attached hydrogens (tertiary/aromatic N) is 5. The number of aryl methyl sites for hydroxylation is 2. The van der Waals surface area contributed by atoms with Gasteiger partial charge in [-0.15, -0.1) is 0 Å². The van der Waals surface area contributed by atoms with E-state index in [1.807, 2.05) is 30.2 Å². The molecule has 1 aliphatic heterocycles. The first kappa shape index (κ1) is 22.8. The molecule has 8 nitrogen and oxygen atoms in total. The molecule has 184 valence electrons. The predicted molar refractivity (Wildman–Crippen MR) is 140 cm³/mol. The number of hydrogen-bond acceptors (Lipinski definition) is 4. The van der Waals surface area contributed by atoms with Crippen LogP contribution in [0.2, 0.25) is 5.02 Å². The Balaban J connectivity index is 1.47. The maximum atomic E-state index is 12.1. The van der Waals surface area contributed by atoms with Gasteiger partial charge in [-0.2, -0.15) is 10.2 Å². The van der Waals surface area contributed by atoms with Crippen molar-refractivity contribution in [3.8, 4) is 22.4 Å². The van der Waals surface area contributed by atoms with Gasteiger partial charge < -0.3 is 9.47 Å². The van der Waals surface area contributed by atoms with E-state index in [-0.39, 0.29) is 22.9 Å². The van der Waals surface area contributed by atoms with Gasteiger partial charge in [-0.25, -0.2) is 0 Å². The fraction of sp³-hybridized carbons (Fsp3) is 0.333. The number of hydrogen-bond donors (Lipinski definition) is 1. The second-order valence-electron chi connectivity index (χ2n) is 10.3. The fourth-order valence-electron chi connectivity index (χ4n) is 5.97. The molecule has 4 heterocycles. The van der Waals surface area contributed by atoms with Gasteiger partial charge in [0.15, 0.2) is 0 Å². The van der Waals surface area contributed by atoms with Crippen molar-refractivity contribution in [3.63, 3.8) is 0 Å². The summed E-state index contributed by atoms with van der Waals surface area (Å²) in [7, 11) is 1.74. The lowest BCUT2D eigenvalue weighted by molar-refractivity contribution is -0.149. The number of rotatable bonds is 4. The summed E-state index contributed by atoms with van der Waals surface area (Å²) in [6.07, 6.45) is 6.93. The number of likely N-dealkylation sites (tertiary alicyclic amines) is 1. The summed E-state index contributed by atoms with van der Waals surface area (Å²) < 4.78 is 3.68. The third-order valence-corrected chi connectivity index (χ3v) is 8.33. The first-order chi connectivity index (χ1) is 17.2. The Morgan fingerprint density at radius 3 is 2.69 bits per heavy atom. The van der Waals surface area contributed by atoms with Crippen LogP contribution in [0.4, 0.5) is 0 Å². The molecule has 1 spiro atoms. The molecule has 1 saturated carbocycles. The molecule has 1 aliphatic carbocycles. The molecule has 9 heteroatoms. The van der Waals surface area contributed by atoms with E-state index in [1.54, 1.807) is 23.9 Å². The Labute approximate surface area is 213 Å². The summed E-state index contributed by atoms with van der Waals surface area (Å²) in [6, 6.07) is 5.62. The summed E-state index contributed by atoms with van der Waals surface area (Å²) >= 11 is 6.95. The molecule has 6 rings (SSSR count). The lowest BCUT2D eigenvalue weighted by Gasteiger charge is -2.58. The number of nitrogens with one attached hydrogen (secondary N) is 1. The van der Waals surface area contributed by atoms with Crippen LogP contribution >= 0.6 is 11.6 Å². The minimum atomic E-state index is -0.0770. The Morgan fingerprint density at radius 2 is 2.00 bits per heavy atom. The van der Waals surface area contributed by atoms with Gasteiger partial charge in [-0.3, -0.25) is 19.4 Å². The Bertz CT molecular complexity index is 1610. The number of amides is 1. The number of aromatic amines is 1. The van der Waals surface area contributed by atoms with Crippen LogP contribution in [-0.4, -0.2) is 48.4 Å². The average molecular weight is 503 g/mol. The number of H-pyrrole nitrogens is 1. The highest BCUT2D eigenvalue weighted by Crippen LogP contribution is 2.55. The van der Waals surface area contributed by atoms with Crippen LogP contribution in [-0.2, 0) is 11.8 Å². The van der Waals surface area contributed by atoms with Gasteiger partial charge in [-0.1, -0.05) is 18.2 Å². The van der Waals surface area contributed by atoms with E-state index >= 15 is 0 Å². The smallest absolute Gasteiger partial charge is 0.250 e. The third-order valence-electron chi connectivity index (χ3n) is 7.85. The van der Waals surface area contributed by atoms with Crippen LogP contribution in [0.3, 0.4) is 0 Å². The van der Waals surface area contributed by atoms with Crippen LogP contribution < -0.4 is 5.56 Å². The highest BCUT2D eigenvalue weighted by atomic mass is 35.5. The van der Waals surface area contributed by atoms with Gasteiger partial charge >= 0.3 is 0 Å². The zero-order chi connectivity index (χ0) is 25.4. The molecule has 1 aromatic carbocycles. The Morgan fingerprint density at radius 1 is 1.25 bits per heavy atom. The summed E-state index contributed by atoms with van der Waals surface area (Å²) in [5.74, 6) is -0.00294. The van der Waals surface area contributed by atoms with E-state index in [0.717, 1.165) is 70.5 Å². The molecule has 2 aliphatic rings. The van der Waals surface area contributed by atoms with Crippen molar-refractivity contribution in [2.24, 2.45) is 12.5 Å². The molecule has 3 aromatic heterocycles. The quantitative estimate of drug-likeness (QED) is 0.418. The summed E-state index contributed by atoms with van der Waals surface area (Å²) in [6.45, 7) is 9.21. The van der Waals surface area contributed by atoms with Gasteiger partial charge in [0, 0.05) is 65.6 Å². The minimum absolute atomic E-state index is 0.00294. The van der Waals surface area contributed by atoms with E-state index in [9.17, 15) is 9.59 Å². The van der Waals surface area contributed by atoms with Crippen molar-refractivity contribution in [1.29, 1.82) is 0 Å². The molecular formula is C27H27ClN6O2. The second-order valence-corrected chi connectivity index (χ2v) is 10.7. The van der Waals surface area contributed by atoms with E-state index in [0.29, 0.717) is 5.02 Å². The highest BCUT2D eigenvalue weighted by Gasteiger charge is 2.54. The van der Waals surface area contributed by atoms with Crippen molar-refractivity contribution in [1.82, 2.24) is 29.4 Å². The molecular weight excluding hydrogens is 476 g/mol. The van der Waals surface area contributed by atoms with Gasteiger partial charge in [0.1, 0.15) is 5.69 Å². The molecule has 0 unspecified atom stereocenters. The van der Waals surface area contributed by atoms with Gasteiger partial charge in [0.2, 0.25) is 11.5 Å². The van der Waals surface area contributed by atoms with Crippen LogP contribution in [0.5, 0.6) is 0 Å². The monoisotopic (exact) mass is 502 g/mol. The largest absolute Gasteiger partial charge is 0.338 e. The summed E-state index contributed by atoms with van der Waals surface area (Å²) in [5.41, 5.74) is 6.46. The van der Waals surface area contributed by atoms with E-state index in [2.05, 4.69) is 28.4 Å². The maximum absolute atomic E-state index is 12.1. The average Bonchev–Trinajstić information content (AvgIpc) is 3.39. The number of halogens is 1. The Kier molecular flexibility index (Phi) is 5.02. The van der Waals surface area contributed by atoms with E-state index in [4.69, 9.17) is 16.7 Å². The van der Waals surface area contributed by atoms with Gasteiger partial charge in [0.25, 0.3) is 0 Å². The fourth-order valence-corrected chi connectivity index (χ4v) is 6.22. The van der Waals surface area contributed by atoms with Crippen molar-refractivity contribution in [2.75, 3.05) is 13.1 Å². The van der Waals surface area contributed by atoms with Crippen LogP contribution in [0, 0.1) is 19.3 Å².